The fourth-order valence-corrected chi connectivity index (χ4v) is 2.40. The highest BCUT2D eigenvalue weighted by molar-refractivity contribution is 6.31. The molecule has 1 aromatic heterocycles. The third kappa shape index (κ3) is 2.55. The van der Waals surface area contributed by atoms with Crippen LogP contribution in [0.5, 0.6) is 0 Å². The van der Waals surface area contributed by atoms with Crippen LogP contribution in [0.1, 0.15) is 17.2 Å². The molecule has 0 radical (unpaired) electrons. The predicted molar refractivity (Wildman–Crippen MR) is 79.5 cm³/mol. The molecule has 0 fully saturated rings. The number of aliphatic hydroxyl groups is 1. The lowest BCUT2D eigenvalue weighted by molar-refractivity contribution is 0.388. The van der Waals surface area contributed by atoms with Gasteiger partial charge in [-0.25, -0.2) is 15.4 Å². The first-order valence-corrected chi connectivity index (χ1v) is 6.64. The molecular formula is C15H11ClN4O. The number of aliphatic hydroxyl groups excluding tert-OH is 1. The van der Waals surface area contributed by atoms with Crippen molar-refractivity contribution in [3.63, 3.8) is 0 Å². The number of pyridine rings is 1. The van der Waals surface area contributed by atoms with Crippen LogP contribution in [0.15, 0.2) is 54.6 Å². The van der Waals surface area contributed by atoms with Crippen LogP contribution in [0.3, 0.4) is 0 Å². The Bertz CT molecular complexity index is 753. The SMILES string of the molecule is N#Cc1ccnc(N2NC(c3ccccc3Cl)C=C2O)c1. The fraction of sp³-hybridized carbons (Fsp3) is 0.0667. The Morgan fingerprint density at radius 3 is 2.90 bits per heavy atom. The highest BCUT2D eigenvalue weighted by Gasteiger charge is 2.27. The predicted octanol–water partition coefficient (Wildman–Crippen LogP) is 3.07. The largest absolute Gasteiger partial charge is 0.494 e. The van der Waals surface area contributed by atoms with Gasteiger partial charge in [0.05, 0.1) is 17.7 Å². The normalized spacial score (nSPS) is 17.4. The number of nitriles is 1. The van der Waals surface area contributed by atoms with Gasteiger partial charge in [0.25, 0.3) is 0 Å². The first-order chi connectivity index (χ1) is 10.2. The molecule has 0 aliphatic carbocycles. The second-order valence-electron chi connectivity index (χ2n) is 4.50. The van der Waals surface area contributed by atoms with Gasteiger partial charge in [-0.1, -0.05) is 29.8 Å². The molecule has 21 heavy (non-hydrogen) atoms. The number of anilines is 1. The van der Waals surface area contributed by atoms with Crippen LogP contribution in [0.25, 0.3) is 0 Å². The van der Waals surface area contributed by atoms with Crippen molar-refractivity contribution < 1.29 is 5.11 Å². The minimum atomic E-state index is -0.258. The molecule has 1 aromatic carbocycles. The molecule has 2 N–H and O–H groups in total. The Hall–Kier alpha value is -2.55. The molecule has 3 rings (SSSR count). The maximum absolute atomic E-state index is 10.1. The van der Waals surface area contributed by atoms with E-state index < -0.39 is 0 Å². The first kappa shape index (κ1) is 13.4. The van der Waals surface area contributed by atoms with E-state index in [1.54, 1.807) is 24.3 Å². The van der Waals surface area contributed by atoms with Crippen LogP contribution in [0.4, 0.5) is 5.82 Å². The number of nitrogens with zero attached hydrogens (tertiary/aromatic N) is 3. The monoisotopic (exact) mass is 298 g/mol. The van der Waals surface area contributed by atoms with E-state index in [9.17, 15) is 5.11 Å². The van der Waals surface area contributed by atoms with Gasteiger partial charge < -0.3 is 5.11 Å². The molecule has 1 aliphatic heterocycles. The lowest BCUT2D eigenvalue weighted by Gasteiger charge is -2.20. The smallest absolute Gasteiger partial charge is 0.205 e. The van der Waals surface area contributed by atoms with Crippen LogP contribution in [-0.4, -0.2) is 10.1 Å². The van der Waals surface area contributed by atoms with E-state index in [-0.39, 0.29) is 11.9 Å². The molecule has 5 nitrogen and oxygen atoms in total. The molecule has 0 spiro atoms. The third-order valence-corrected chi connectivity index (χ3v) is 3.50. The molecule has 0 saturated carbocycles. The molecular weight excluding hydrogens is 288 g/mol. The number of hydrogen-bond donors (Lipinski definition) is 2. The number of benzene rings is 1. The fourth-order valence-electron chi connectivity index (χ4n) is 2.15. The molecule has 6 heteroatoms. The summed E-state index contributed by atoms with van der Waals surface area (Å²) in [6.07, 6.45) is 3.16. The summed E-state index contributed by atoms with van der Waals surface area (Å²) >= 11 is 6.17. The van der Waals surface area contributed by atoms with Crippen molar-refractivity contribution in [2.45, 2.75) is 6.04 Å². The number of halogens is 1. The summed E-state index contributed by atoms with van der Waals surface area (Å²) in [7, 11) is 0. The average Bonchev–Trinajstić information content (AvgIpc) is 2.89. The van der Waals surface area contributed by atoms with Crippen LogP contribution < -0.4 is 10.4 Å². The summed E-state index contributed by atoms with van der Waals surface area (Å²) in [6, 6.07) is 12.4. The highest BCUT2D eigenvalue weighted by atomic mass is 35.5. The van der Waals surface area contributed by atoms with Crippen molar-refractivity contribution in [3.8, 4) is 6.07 Å². The van der Waals surface area contributed by atoms with E-state index in [1.165, 1.54) is 11.2 Å². The Morgan fingerprint density at radius 1 is 1.33 bits per heavy atom. The maximum atomic E-state index is 10.1. The molecule has 0 amide bonds. The van der Waals surface area contributed by atoms with Gasteiger partial charge in [-0.05, 0) is 17.7 Å². The molecule has 104 valence electrons. The van der Waals surface area contributed by atoms with Crippen molar-refractivity contribution in [1.82, 2.24) is 10.4 Å². The minimum absolute atomic E-state index is 0.0162. The van der Waals surface area contributed by atoms with Gasteiger partial charge in [0.2, 0.25) is 5.88 Å². The van der Waals surface area contributed by atoms with E-state index in [2.05, 4.69) is 10.4 Å². The molecule has 2 heterocycles. The van der Waals surface area contributed by atoms with Gasteiger partial charge in [-0.15, -0.1) is 0 Å². The first-order valence-electron chi connectivity index (χ1n) is 6.26. The summed E-state index contributed by atoms with van der Waals surface area (Å²) < 4.78 is 0. The van der Waals surface area contributed by atoms with Crippen LogP contribution in [-0.2, 0) is 0 Å². The standard InChI is InChI=1S/C15H11ClN4O/c16-12-4-2-1-3-11(12)13-8-15(21)20(19-13)14-7-10(9-17)5-6-18-14/h1-8,13,19,21H. The van der Waals surface area contributed by atoms with Gasteiger partial charge >= 0.3 is 0 Å². The Labute approximate surface area is 126 Å². The van der Waals surface area contributed by atoms with Gasteiger partial charge in [0.1, 0.15) is 0 Å². The van der Waals surface area contributed by atoms with Crippen molar-refractivity contribution in [2.75, 3.05) is 5.01 Å². The second-order valence-corrected chi connectivity index (χ2v) is 4.91. The van der Waals surface area contributed by atoms with E-state index in [4.69, 9.17) is 16.9 Å². The number of nitrogens with one attached hydrogen (secondary N) is 1. The van der Waals surface area contributed by atoms with Gasteiger partial charge in [0, 0.05) is 23.4 Å². The Kier molecular flexibility index (Phi) is 3.48. The van der Waals surface area contributed by atoms with Crippen molar-refractivity contribution in [3.05, 3.63) is 70.7 Å². The number of hydrazine groups is 1. The van der Waals surface area contributed by atoms with E-state index >= 15 is 0 Å². The topological polar surface area (TPSA) is 72.2 Å². The maximum Gasteiger partial charge on any atom is 0.205 e. The molecule has 1 atom stereocenters. The molecule has 2 aromatic rings. The number of aromatic nitrogens is 1. The van der Waals surface area contributed by atoms with Gasteiger partial charge in [0.15, 0.2) is 5.82 Å². The lowest BCUT2D eigenvalue weighted by atomic mass is 10.1. The minimum Gasteiger partial charge on any atom is -0.494 e. The Morgan fingerprint density at radius 2 is 2.14 bits per heavy atom. The second kappa shape index (κ2) is 5.44. The number of hydrogen-bond acceptors (Lipinski definition) is 5. The zero-order valence-corrected chi connectivity index (χ0v) is 11.6. The summed E-state index contributed by atoms with van der Waals surface area (Å²) in [5.41, 5.74) is 4.42. The Balaban J connectivity index is 1.90. The zero-order chi connectivity index (χ0) is 14.8. The molecule has 0 bridgehead atoms. The van der Waals surface area contributed by atoms with E-state index in [1.807, 2.05) is 24.3 Å². The van der Waals surface area contributed by atoms with Crippen LogP contribution in [0, 0.1) is 11.3 Å². The average molecular weight is 299 g/mol. The van der Waals surface area contributed by atoms with Gasteiger partial charge in [-0.2, -0.15) is 5.26 Å². The van der Waals surface area contributed by atoms with E-state index in [0.29, 0.717) is 16.4 Å². The quantitative estimate of drug-likeness (QED) is 0.891. The van der Waals surface area contributed by atoms with Crippen molar-refractivity contribution in [1.29, 1.82) is 5.26 Å². The lowest BCUT2D eigenvalue weighted by Crippen LogP contribution is -2.34. The summed E-state index contributed by atoms with van der Waals surface area (Å²) in [5.74, 6) is 0.458. The van der Waals surface area contributed by atoms with E-state index in [0.717, 1.165) is 5.56 Å². The van der Waals surface area contributed by atoms with Crippen molar-refractivity contribution in [2.24, 2.45) is 0 Å². The summed E-state index contributed by atoms with van der Waals surface area (Å²) in [4.78, 5) is 4.15. The molecule has 1 unspecified atom stereocenters. The van der Waals surface area contributed by atoms with Crippen molar-refractivity contribution >= 4 is 17.4 Å². The number of rotatable bonds is 2. The van der Waals surface area contributed by atoms with Crippen LogP contribution in [0.2, 0.25) is 5.02 Å². The highest BCUT2D eigenvalue weighted by Crippen LogP contribution is 2.30. The summed E-state index contributed by atoms with van der Waals surface area (Å²) in [5, 5.41) is 21.0. The summed E-state index contributed by atoms with van der Waals surface area (Å²) in [6.45, 7) is 0. The third-order valence-electron chi connectivity index (χ3n) is 3.16. The molecule has 1 aliphatic rings. The molecule has 0 saturated heterocycles. The zero-order valence-electron chi connectivity index (χ0n) is 10.9. The van der Waals surface area contributed by atoms with Gasteiger partial charge in [-0.3, -0.25) is 0 Å². The van der Waals surface area contributed by atoms with Crippen LogP contribution >= 0.6 is 11.6 Å².